The Balaban J connectivity index is 2.11. The molecular weight excluding hydrogens is 212 g/mol. The Morgan fingerprint density at radius 3 is 2.88 bits per heavy atom. The van der Waals surface area contributed by atoms with Crippen LogP contribution in [-0.4, -0.2) is 21.3 Å². The lowest BCUT2D eigenvalue weighted by atomic mass is 10.1. The minimum Gasteiger partial charge on any atom is -0.310 e. The summed E-state index contributed by atoms with van der Waals surface area (Å²) in [7, 11) is 0. The molecule has 1 rings (SSSR count). The third-order valence-corrected chi connectivity index (χ3v) is 2.80. The molecular formula is C13H26N4. The Hall–Kier alpha value is -0.900. The molecule has 4 nitrogen and oxygen atoms in total. The van der Waals surface area contributed by atoms with E-state index in [0.717, 1.165) is 37.8 Å². The van der Waals surface area contributed by atoms with Gasteiger partial charge in [-0.05, 0) is 25.3 Å². The zero-order valence-electron chi connectivity index (χ0n) is 11.4. The van der Waals surface area contributed by atoms with E-state index >= 15 is 0 Å². The van der Waals surface area contributed by atoms with Crippen molar-refractivity contribution < 1.29 is 0 Å². The monoisotopic (exact) mass is 238 g/mol. The fourth-order valence-electron chi connectivity index (χ4n) is 1.83. The molecule has 0 spiro atoms. The van der Waals surface area contributed by atoms with Crippen LogP contribution < -0.4 is 5.32 Å². The summed E-state index contributed by atoms with van der Waals surface area (Å²) >= 11 is 0. The molecule has 4 heteroatoms. The van der Waals surface area contributed by atoms with Crippen LogP contribution in [0.25, 0.3) is 0 Å². The highest BCUT2D eigenvalue weighted by Crippen LogP contribution is 2.05. The maximum Gasteiger partial charge on any atom is 0.140 e. The van der Waals surface area contributed by atoms with Crippen molar-refractivity contribution >= 4 is 0 Å². The van der Waals surface area contributed by atoms with Gasteiger partial charge in [0, 0.05) is 6.54 Å². The first-order valence-corrected chi connectivity index (χ1v) is 6.81. The summed E-state index contributed by atoms with van der Waals surface area (Å²) in [6.45, 7) is 9.59. The van der Waals surface area contributed by atoms with E-state index < -0.39 is 0 Å². The molecule has 0 aliphatic carbocycles. The van der Waals surface area contributed by atoms with Crippen LogP contribution >= 0.6 is 0 Å². The summed E-state index contributed by atoms with van der Waals surface area (Å²) < 4.78 is 1.99. The van der Waals surface area contributed by atoms with Gasteiger partial charge in [-0.25, -0.2) is 9.67 Å². The van der Waals surface area contributed by atoms with Gasteiger partial charge in [-0.15, -0.1) is 0 Å². The number of nitrogens with one attached hydrogen (secondary N) is 1. The number of unbranched alkanes of at least 4 members (excludes halogenated alkanes) is 1. The van der Waals surface area contributed by atoms with Gasteiger partial charge in [0.05, 0.1) is 6.54 Å². The van der Waals surface area contributed by atoms with Crippen molar-refractivity contribution in [3.05, 3.63) is 12.2 Å². The number of nitrogens with zero attached hydrogens (tertiary/aromatic N) is 3. The SMILES string of the molecule is CCCn1ncnc1CNCCCCC(C)C. The number of hydrogen-bond donors (Lipinski definition) is 1. The van der Waals surface area contributed by atoms with Crippen molar-refractivity contribution in [2.24, 2.45) is 5.92 Å². The minimum atomic E-state index is 0.822. The molecule has 0 aromatic carbocycles. The Bertz CT molecular complexity index is 293. The second-order valence-corrected chi connectivity index (χ2v) is 4.97. The maximum absolute atomic E-state index is 4.27. The smallest absolute Gasteiger partial charge is 0.140 e. The van der Waals surface area contributed by atoms with Gasteiger partial charge in [0.2, 0.25) is 0 Å². The third kappa shape index (κ3) is 5.82. The normalized spacial score (nSPS) is 11.3. The first kappa shape index (κ1) is 14.2. The molecule has 0 saturated carbocycles. The molecule has 0 fully saturated rings. The van der Waals surface area contributed by atoms with E-state index in [0.29, 0.717) is 0 Å². The standard InChI is InChI=1S/C13H26N4/c1-4-9-17-13(15-11-16-17)10-14-8-6-5-7-12(2)3/h11-12,14H,4-10H2,1-3H3. The maximum atomic E-state index is 4.27. The predicted octanol–water partition coefficient (Wildman–Crippen LogP) is 2.60. The molecule has 0 saturated heterocycles. The van der Waals surface area contributed by atoms with Crippen LogP contribution in [0.4, 0.5) is 0 Å². The van der Waals surface area contributed by atoms with Gasteiger partial charge in [0.1, 0.15) is 12.2 Å². The van der Waals surface area contributed by atoms with Crippen molar-refractivity contribution in [3.63, 3.8) is 0 Å². The van der Waals surface area contributed by atoms with E-state index in [1.165, 1.54) is 19.3 Å². The quantitative estimate of drug-likeness (QED) is 0.672. The highest BCUT2D eigenvalue weighted by atomic mass is 15.3. The van der Waals surface area contributed by atoms with Gasteiger partial charge in [-0.2, -0.15) is 5.10 Å². The molecule has 0 amide bonds. The number of rotatable bonds is 9. The number of aryl methyl sites for hydroxylation is 1. The molecule has 1 heterocycles. The average Bonchev–Trinajstić information content (AvgIpc) is 2.71. The zero-order chi connectivity index (χ0) is 12.5. The van der Waals surface area contributed by atoms with E-state index in [1.54, 1.807) is 6.33 Å². The van der Waals surface area contributed by atoms with Crippen LogP contribution in [0.5, 0.6) is 0 Å². The van der Waals surface area contributed by atoms with Gasteiger partial charge in [0.15, 0.2) is 0 Å². The first-order valence-electron chi connectivity index (χ1n) is 6.81. The summed E-state index contributed by atoms with van der Waals surface area (Å²) in [5.74, 6) is 1.87. The molecule has 0 aliphatic heterocycles. The largest absolute Gasteiger partial charge is 0.310 e. The van der Waals surface area contributed by atoms with Gasteiger partial charge in [0.25, 0.3) is 0 Å². The van der Waals surface area contributed by atoms with Crippen LogP contribution in [0.1, 0.15) is 52.3 Å². The van der Waals surface area contributed by atoms with Crippen molar-refractivity contribution in [2.45, 2.75) is 59.5 Å². The summed E-state index contributed by atoms with van der Waals surface area (Å²) in [6, 6.07) is 0. The van der Waals surface area contributed by atoms with E-state index in [1.807, 2.05) is 4.68 Å². The lowest BCUT2D eigenvalue weighted by molar-refractivity contribution is 0.505. The van der Waals surface area contributed by atoms with Gasteiger partial charge < -0.3 is 5.32 Å². The second kappa shape index (κ2) is 8.23. The molecule has 0 radical (unpaired) electrons. The van der Waals surface area contributed by atoms with Crippen LogP contribution in [-0.2, 0) is 13.1 Å². The second-order valence-electron chi connectivity index (χ2n) is 4.97. The molecule has 17 heavy (non-hydrogen) atoms. The van der Waals surface area contributed by atoms with Gasteiger partial charge in [-0.1, -0.05) is 33.6 Å². The van der Waals surface area contributed by atoms with E-state index in [4.69, 9.17) is 0 Å². The molecule has 1 aromatic rings. The molecule has 98 valence electrons. The Morgan fingerprint density at radius 1 is 1.35 bits per heavy atom. The predicted molar refractivity (Wildman–Crippen MR) is 70.7 cm³/mol. The Labute approximate surface area is 105 Å². The van der Waals surface area contributed by atoms with E-state index in [-0.39, 0.29) is 0 Å². The molecule has 0 aliphatic rings. The lowest BCUT2D eigenvalue weighted by Gasteiger charge is -2.07. The Kier molecular flexibility index (Phi) is 6.86. The van der Waals surface area contributed by atoms with E-state index in [2.05, 4.69) is 36.2 Å². The highest BCUT2D eigenvalue weighted by molar-refractivity contribution is 4.83. The molecule has 0 atom stereocenters. The van der Waals surface area contributed by atoms with Crippen molar-refractivity contribution in [2.75, 3.05) is 6.54 Å². The highest BCUT2D eigenvalue weighted by Gasteiger charge is 2.02. The van der Waals surface area contributed by atoms with Crippen molar-refractivity contribution in [3.8, 4) is 0 Å². The van der Waals surface area contributed by atoms with Crippen LogP contribution in [0.15, 0.2) is 6.33 Å². The fraction of sp³-hybridized carbons (Fsp3) is 0.846. The molecule has 1 N–H and O–H groups in total. The topological polar surface area (TPSA) is 42.7 Å². The minimum absolute atomic E-state index is 0.822. The average molecular weight is 238 g/mol. The van der Waals surface area contributed by atoms with Crippen molar-refractivity contribution in [1.82, 2.24) is 20.1 Å². The number of aromatic nitrogens is 3. The summed E-state index contributed by atoms with van der Waals surface area (Å²) in [5, 5.41) is 7.65. The lowest BCUT2D eigenvalue weighted by Crippen LogP contribution is -2.18. The first-order chi connectivity index (χ1) is 8.24. The zero-order valence-corrected chi connectivity index (χ0v) is 11.4. The molecule has 0 unspecified atom stereocenters. The van der Waals surface area contributed by atoms with Crippen LogP contribution in [0.3, 0.4) is 0 Å². The molecule has 0 bridgehead atoms. The summed E-state index contributed by atoms with van der Waals surface area (Å²) in [4.78, 5) is 4.27. The summed E-state index contributed by atoms with van der Waals surface area (Å²) in [5.41, 5.74) is 0. The summed E-state index contributed by atoms with van der Waals surface area (Å²) in [6.07, 6.45) is 6.64. The van der Waals surface area contributed by atoms with Gasteiger partial charge in [-0.3, -0.25) is 0 Å². The van der Waals surface area contributed by atoms with Crippen LogP contribution in [0, 0.1) is 5.92 Å². The molecule has 1 aromatic heterocycles. The van der Waals surface area contributed by atoms with Crippen molar-refractivity contribution in [1.29, 1.82) is 0 Å². The fourth-order valence-corrected chi connectivity index (χ4v) is 1.83. The van der Waals surface area contributed by atoms with E-state index in [9.17, 15) is 0 Å². The third-order valence-electron chi connectivity index (χ3n) is 2.80. The Morgan fingerprint density at radius 2 is 2.18 bits per heavy atom. The van der Waals surface area contributed by atoms with Crippen LogP contribution in [0.2, 0.25) is 0 Å². The van der Waals surface area contributed by atoms with Gasteiger partial charge >= 0.3 is 0 Å². The number of hydrogen-bond acceptors (Lipinski definition) is 3.